The summed E-state index contributed by atoms with van der Waals surface area (Å²) in [6.07, 6.45) is 1.52. The molecule has 2 aromatic rings. The molecule has 0 aromatic heterocycles. The molecule has 0 atom stereocenters. The Hall–Kier alpha value is -2.49. The molecule has 4 nitrogen and oxygen atoms in total. The highest BCUT2D eigenvalue weighted by molar-refractivity contribution is 5.90. The monoisotopic (exact) mass is 272 g/mol. The van der Waals surface area contributed by atoms with Gasteiger partial charge in [-0.3, -0.25) is 0 Å². The summed E-state index contributed by atoms with van der Waals surface area (Å²) >= 11 is 0. The maximum absolute atomic E-state index is 11.2. The van der Waals surface area contributed by atoms with Gasteiger partial charge in [0, 0.05) is 5.56 Å². The average Bonchev–Trinajstić information content (AvgIpc) is 2.43. The molecular weight excluding hydrogens is 256 g/mol. The third kappa shape index (κ3) is 2.91. The maximum atomic E-state index is 11.2. The lowest BCUT2D eigenvalue weighted by Gasteiger charge is -2.13. The predicted molar refractivity (Wildman–Crippen MR) is 75.6 cm³/mol. The van der Waals surface area contributed by atoms with Crippen molar-refractivity contribution in [1.82, 2.24) is 0 Å². The number of aromatic hydroxyl groups is 1. The first-order chi connectivity index (χ1) is 9.63. The van der Waals surface area contributed by atoms with E-state index in [4.69, 9.17) is 9.84 Å². The zero-order chi connectivity index (χ0) is 14.5. The number of para-hydroxylation sites is 1. The number of rotatable bonds is 5. The van der Waals surface area contributed by atoms with Crippen molar-refractivity contribution in [2.75, 3.05) is 0 Å². The minimum Gasteiger partial charge on any atom is -0.508 e. The molecule has 0 fully saturated rings. The number of phenols is 1. The quantitative estimate of drug-likeness (QED) is 0.868. The van der Waals surface area contributed by atoms with Crippen molar-refractivity contribution in [3.8, 4) is 17.2 Å². The number of hydrogen-bond donors (Lipinski definition) is 2. The number of benzene rings is 2. The van der Waals surface area contributed by atoms with Crippen molar-refractivity contribution >= 4 is 5.97 Å². The summed E-state index contributed by atoms with van der Waals surface area (Å²) in [4.78, 5) is 11.2. The van der Waals surface area contributed by atoms with Crippen LogP contribution in [0.15, 0.2) is 42.5 Å². The SMILES string of the molecule is CCCc1c(O)cccc1Oc1ccccc1C(=O)O. The van der Waals surface area contributed by atoms with Crippen LogP contribution in [0.3, 0.4) is 0 Å². The molecular formula is C16H16O4. The highest BCUT2D eigenvalue weighted by atomic mass is 16.5. The Morgan fingerprint density at radius 3 is 2.50 bits per heavy atom. The van der Waals surface area contributed by atoms with E-state index >= 15 is 0 Å². The Morgan fingerprint density at radius 1 is 1.10 bits per heavy atom. The van der Waals surface area contributed by atoms with E-state index in [0.717, 1.165) is 6.42 Å². The summed E-state index contributed by atoms with van der Waals surface area (Å²) in [5, 5.41) is 19.0. The molecule has 0 saturated carbocycles. The number of hydrogen-bond acceptors (Lipinski definition) is 3. The van der Waals surface area contributed by atoms with Gasteiger partial charge in [-0.15, -0.1) is 0 Å². The summed E-state index contributed by atoms with van der Waals surface area (Å²) in [5.41, 5.74) is 0.786. The maximum Gasteiger partial charge on any atom is 0.339 e. The standard InChI is InChI=1S/C16H16O4/c1-2-6-11-13(17)8-5-10-14(11)20-15-9-4-3-7-12(15)16(18)19/h3-5,7-10,17H,2,6H2,1H3,(H,18,19). The van der Waals surface area contributed by atoms with Gasteiger partial charge in [-0.1, -0.05) is 31.5 Å². The van der Waals surface area contributed by atoms with Crippen LogP contribution < -0.4 is 4.74 Å². The third-order valence-electron chi connectivity index (χ3n) is 2.95. The molecule has 4 heteroatoms. The number of carbonyl (C=O) groups is 1. The molecule has 2 N–H and O–H groups in total. The number of carboxylic acids is 1. The van der Waals surface area contributed by atoms with Crippen LogP contribution in [0.2, 0.25) is 0 Å². The second kappa shape index (κ2) is 6.10. The summed E-state index contributed by atoms with van der Waals surface area (Å²) in [7, 11) is 0. The number of aromatic carboxylic acids is 1. The zero-order valence-electron chi connectivity index (χ0n) is 11.2. The molecule has 0 bridgehead atoms. The van der Waals surface area contributed by atoms with Crippen LogP contribution in [-0.4, -0.2) is 16.2 Å². The van der Waals surface area contributed by atoms with Crippen molar-refractivity contribution in [1.29, 1.82) is 0 Å². The molecule has 0 spiro atoms. The smallest absolute Gasteiger partial charge is 0.339 e. The minimum atomic E-state index is -1.04. The van der Waals surface area contributed by atoms with Crippen LogP contribution in [0.25, 0.3) is 0 Å². The Balaban J connectivity index is 2.40. The molecule has 104 valence electrons. The molecule has 20 heavy (non-hydrogen) atoms. The van der Waals surface area contributed by atoms with E-state index < -0.39 is 5.97 Å². The lowest BCUT2D eigenvalue weighted by atomic mass is 10.1. The van der Waals surface area contributed by atoms with Gasteiger partial charge >= 0.3 is 5.97 Å². The number of carboxylic acid groups (broad SMARTS) is 1. The average molecular weight is 272 g/mol. The Bertz CT molecular complexity index is 620. The van der Waals surface area contributed by atoms with Gasteiger partial charge in [-0.25, -0.2) is 4.79 Å². The van der Waals surface area contributed by atoms with Crippen LogP contribution >= 0.6 is 0 Å². The van der Waals surface area contributed by atoms with E-state index in [1.54, 1.807) is 36.4 Å². The first-order valence-electron chi connectivity index (χ1n) is 6.44. The first kappa shape index (κ1) is 13.9. The number of phenolic OH excluding ortho intramolecular Hbond substituents is 1. The largest absolute Gasteiger partial charge is 0.508 e. The van der Waals surface area contributed by atoms with Crippen LogP contribution in [0.1, 0.15) is 29.3 Å². The van der Waals surface area contributed by atoms with Crippen LogP contribution in [0.4, 0.5) is 0 Å². The highest BCUT2D eigenvalue weighted by Gasteiger charge is 2.14. The molecule has 0 aliphatic carbocycles. The van der Waals surface area contributed by atoms with E-state index in [1.807, 2.05) is 6.92 Å². The van der Waals surface area contributed by atoms with Gasteiger partial charge in [0.15, 0.2) is 0 Å². The molecule has 2 aromatic carbocycles. The lowest BCUT2D eigenvalue weighted by Crippen LogP contribution is -2.00. The van der Waals surface area contributed by atoms with E-state index in [1.165, 1.54) is 6.07 Å². The van der Waals surface area contributed by atoms with E-state index in [-0.39, 0.29) is 17.1 Å². The van der Waals surface area contributed by atoms with Gasteiger partial charge in [0.2, 0.25) is 0 Å². The fourth-order valence-corrected chi connectivity index (χ4v) is 2.00. The molecule has 2 rings (SSSR count). The second-order valence-electron chi connectivity index (χ2n) is 4.41. The third-order valence-corrected chi connectivity index (χ3v) is 2.95. The van der Waals surface area contributed by atoms with Crippen molar-refractivity contribution in [2.24, 2.45) is 0 Å². The molecule has 0 saturated heterocycles. The molecule has 0 unspecified atom stereocenters. The molecule has 0 amide bonds. The predicted octanol–water partition coefficient (Wildman–Crippen LogP) is 3.84. The van der Waals surface area contributed by atoms with Gasteiger partial charge in [-0.05, 0) is 30.7 Å². The molecule has 0 radical (unpaired) electrons. The summed E-state index contributed by atoms with van der Waals surface area (Å²) in [6.45, 7) is 2.00. The molecule has 0 aliphatic rings. The van der Waals surface area contributed by atoms with Gasteiger partial charge < -0.3 is 14.9 Å². The minimum absolute atomic E-state index is 0.0956. The van der Waals surface area contributed by atoms with Gasteiger partial charge in [-0.2, -0.15) is 0 Å². The Kier molecular flexibility index (Phi) is 4.25. The fourth-order valence-electron chi connectivity index (χ4n) is 2.00. The van der Waals surface area contributed by atoms with Crippen molar-refractivity contribution in [2.45, 2.75) is 19.8 Å². The topological polar surface area (TPSA) is 66.8 Å². The summed E-state index contributed by atoms with van der Waals surface area (Å²) in [6, 6.07) is 11.4. The molecule has 0 aliphatic heterocycles. The van der Waals surface area contributed by atoms with E-state index in [9.17, 15) is 9.90 Å². The van der Waals surface area contributed by atoms with Crippen LogP contribution in [0, 0.1) is 0 Å². The Labute approximate surface area is 117 Å². The van der Waals surface area contributed by atoms with Gasteiger partial charge in [0.25, 0.3) is 0 Å². The highest BCUT2D eigenvalue weighted by Crippen LogP contribution is 2.33. The Morgan fingerprint density at radius 2 is 1.80 bits per heavy atom. The van der Waals surface area contributed by atoms with Crippen molar-refractivity contribution < 1.29 is 19.7 Å². The zero-order valence-corrected chi connectivity index (χ0v) is 11.2. The van der Waals surface area contributed by atoms with Gasteiger partial charge in [0.05, 0.1) is 0 Å². The second-order valence-corrected chi connectivity index (χ2v) is 4.41. The van der Waals surface area contributed by atoms with Gasteiger partial charge in [0.1, 0.15) is 22.8 Å². The van der Waals surface area contributed by atoms with Crippen LogP contribution in [0.5, 0.6) is 17.2 Å². The van der Waals surface area contributed by atoms with Crippen LogP contribution in [-0.2, 0) is 6.42 Å². The van der Waals surface area contributed by atoms with E-state index in [2.05, 4.69) is 0 Å². The summed E-state index contributed by atoms with van der Waals surface area (Å²) < 4.78 is 5.69. The van der Waals surface area contributed by atoms with E-state index in [0.29, 0.717) is 17.7 Å². The molecule has 0 heterocycles. The first-order valence-corrected chi connectivity index (χ1v) is 6.44. The van der Waals surface area contributed by atoms with Crippen molar-refractivity contribution in [3.63, 3.8) is 0 Å². The lowest BCUT2D eigenvalue weighted by molar-refractivity contribution is 0.0694. The summed E-state index contributed by atoms with van der Waals surface area (Å²) in [5.74, 6) is -0.126. The fraction of sp³-hybridized carbons (Fsp3) is 0.188. The van der Waals surface area contributed by atoms with Crippen molar-refractivity contribution in [3.05, 3.63) is 53.6 Å². The number of ether oxygens (including phenoxy) is 1. The normalized spacial score (nSPS) is 10.2.